The van der Waals surface area contributed by atoms with Gasteiger partial charge in [-0.05, 0) is 25.0 Å². The Morgan fingerprint density at radius 1 is 1.45 bits per heavy atom. The molecule has 20 heavy (non-hydrogen) atoms. The fourth-order valence-corrected chi connectivity index (χ4v) is 3.29. The van der Waals surface area contributed by atoms with Crippen LogP contribution >= 0.6 is 11.8 Å². The predicted octanol–water partition coefficient (Wildman–Crippen LogP) is 1.89. The summed E-state index contributed by atoms with van der Waals surface area (Å²) in [6.45, 7) is 2.09. The molecule has 104 valence electrons. The van der Waals surface area contributed by atoms with Crippen molar-refractivity contribution in [2.24, 2.45) is 7.05 Å². The fraction of sp³-hybridized carbons (Fsp3) is 0.357. The highest BCUT2D eigenvalue weighted by Gasteiger charge is 2.30. The Labute approximate surface area is 122 Å². The van der Waals surface area contributed by atoms with E-state index in [1.165, 1.54) is 17.3 Å². The van der Waals surface area contributed by atoms with E-state index in [4.69, 9.17) is 0 Å². The van der Waals surface area contributed by atoms with Gasteiger partial charge in [0.2, 0.25) is 5.91 Å². The van der Waals surface area contributed by atoms with Gasteiger partial charge < -0.3 is 9.47 Å². The second-order valence-electron chi connectivity index (χ2n) is 4.96. The van der Waals surface area contributed by atoms with Crippen LogP contribution in [0.4, 0.5) is 5.69 Å². The lowest BCUT2D eigenvalue weighted by molar-refractivity contribution is -0.116. The molecular weight excluding hydrogens is 272 g/mol. The lowest BCUT2D eigenvalue weighted by Crippen LogP contribution is -2.37. The summed E-state index contributed by atoms with van der Waals surface area (Å²) in [4.78, 5) is 14.4. The summed E-state index contributed by atoms with van der Waals surface area (Å²) >= 11 is 1.42. The van der Waals surface area contributed by atoms with E-state index in [-0.39, 0.29) is 11.9 Å². The Balaban J connectivity index is 1.73. The van der Waals surface area contributed by atoms with Crippen molar-refractivity contribution in [2.45, 2.75) is 24.5 Å². The molecule has 0 fully saturated rings. The molecule has 1 amide bonds. The number of anilines is 1. The zero-order valence-electron chi connectivity index (χ0n) is 11.5. The minimum atomic E-state index is 0.121. The molecular formula is C14H16N4OS. The average molecular weight is 288 g/mol. The SMILES string of the molecule is C[C@H]1Cc2ccccc2N1C(=O)CSc1nncn1C. The van der Waals surface area contributed by atoms with Crippen LogP contribution in [0.5, 0.6) is 0 Å². The molecule has 2 aromatic rings. The highest BCUT2D eigenvalue weighted by atomic mass is 32.2. The first-order valence-electron chi connectivity index (χ1n) is 6.53. The summed E-state index contributed by atoms with van der Waals surface area (Å²) in [5.74, 6) is 0.501. The molecule has 0 bridgehead atoms. The molecule has 0 spiro atoms. The van der Waals surface area contributed by atoms with Gasteiger partial charge in [-0.1, -0.05) is 30.0 Å². The second kappa shape index (κ2) is 5.28. The minimum absolute atomic E-state index is 0.121. The van der Waals surface area contributed by atoms with Crippen molar-refractivity contribution in [3.8, 4) is 0 Å². The van der Waals surface area contributed by atoms with Crippen LogP contribution in [0.25, 0.3) is 0 Å². The van der Waals surface area contributed by atoms with Crippen LogP contribution in [-0.2, 0) is 18.3 Å². The van der Waals surface area contributed by atoms with Crippen LogP contribution < -0.4 is 4.90 Å². The number of para-hydroxylation sites is 1. The van der Waals surface area contributed by atoms with Crippen LogP contribution in [0.2, 0.25) is 0 Å². The topological polar surface area (TPSA) is 51.0 Å². The number of aromatic nitrogens is 3. The molecule has 1 aromatic carbocycles. The number of hydrogen-bond donors (Lipinski definition) is 0. The van der Waals surface area contributed by atoms with Crippen molar-refractivity contribution < 1.29 is 4.79 Å². The van der Waals surface area contributed by atoms with E-state index < -0.39 is 0 Å². The summed E-state index contributed by atoms with van der Waals surface area (Å²) in [5.41, 5.74) is 2.29. The number of fused-ring (bicyclic) bond motifs is 1. The number of hydrogen-bond acceptors (Lipinski definition) is 4. The van der Waals surface area contributed by atoms with Gasteiger partial charge in [0.05, 0.1) is 5.75 Å². The van der Waals surface area contributed by atoms with Gasteiger partial charge in [0.25, 0.3) is 0 Å². The lowest BCUT2D eigenvalue weighted by Gasteiger charge is -2.22. The van der Waals surface area contributed by atoms with Crippen LogP contribution in [0, 0.1) is 0 Å². The first-order chi connectivity index (χ1) is 9.66. The van der Waals surface area contributed by atoms with Gasteiger partial charge in [-0.15, -0.1) is 10.2 Å². The third-order valence-electron chi connectivity index (χ3n) is 3.47. The Bertz CT molecular complexity index is 640. The van der Waals surface area contributed by atoms with Gasteiger partial charge in [-0.2, -0.15) is 0 Å². The maximum absolute atomic E-state index is 12.5. The normalized spacial score (nSPS) is 17.3. The van der Waals surface area contributed by atoms with Gasteiger partial charge in [-0.3, -0.25) is 4.79 Å². The van der Waals surface area contributed by atoms with Gasteiger partial charge in [0, 0.05) is 18.8 Å². The van der Waals surface area contributed by atoms with E-state index >= 15 is 0 Å². The monoisotopic (exact) mass is 288 g/mol. The molecule has 0 N–H and O–H groups in total. The first kappa shape index (κ1) is 13.2. The van der Waals surface area contributed by atoms with E-state index in [9.17, 15) is 4.79 Å². The number of aryl methyl sites for hydroxylation is 1. The summed E-state index contributed by atoms with van der Waals surface area (Å²) in [6, 6.07) is 8.33. The molecule has 0 saturated carbocycles. The lowest BCUT2D eigenvalue weighted by atomic mass is 10.1. The molecule has 1 aliphatic heterocycles. The largest absolute Gasteiger partial charge is 0.312 e. The second-order valence-corrected chi connectivity index (χ2v) is 5.90. The van der Waals surface area contributed by atoms with E-state index in [2.05, 4.69) is 23.2 Å². The van der Waals surface area contributed by atoms with Gasteiger partial charge in [0.15, 0.2) is 5.16 Å². The smallest absolute Gasteiger partial charge is 0.237 e. The number of nitrogens with zero attached hydrogens (tertiary/aromatic N) is 4. The number of benzene rings is 1. The van der Waals surface area contributed by atoms with Gasteiger partial charge in [0.1, 0.15) is 6.33 Å². The molecule has 1 aromatic heterocycles. The van der Waals surface area contributed by atoms with Crippen LogP contribution in [-0.4, -0.2) is 32.5 Å². The highest BCUT2D eigenvalue weighted by molar-refractivity contribution is 7.99. The number of thioether (sulfide) groups is 1. The maximum Gasteiger partial charge on any atom is 0.237 e. The molecule has 6 heteroatoms. The molecule has 0 saturated heterocycles. The molecule has 3 rings (SSSR count). The van der Waals surface area contributed by atoms with Gasteiger partial charge >= 0.3 is 0 Å². The molecule has 0 aliphatic carbocycles. The Kier molecular flexibility index (Phi) is 3.48. The van der Waals surface area contributed by atoms with Crippen LogP contribution in [0.15, 0.2) is 35.7 Å². The Morgan fingerprint density at radius 2 is 2.25 bits per heavy atom. The van der Waals surface area contributed by atoms with Crippen LogP contribution in [0.1, 0.15) is 12.5 Å². The van der Waals surface area contributed by atoms with Crippen molar-refractivity contribution in [2.75, 3.05) is 10.7 Å². The standard InChI is InChI=1S/C14H16N4OS/c1-10-7-11-5-3-4-6-12(11)18(10)13(19)8-20-14-16-15-9-17(14)2/h3-6,9-10H,7-8H2,1-2H3/t10-/m0/s1. The molecule has 2 heterocycles. The van der Waals surface area contributed by atoms with Crippen molar-refractivity contribution >= 4 is 23.4 Å². The van der Waals surface area contributed by atoms with E-state index in [0.29, 0.717) is 5.75 Å². The van der Waals surface area contributed by atoms with E-state index in [1.807, 2.05) is 34.7 Å². The van der Waals surface area contributed by atoms with Crippen molar-refractivity contribution in [3.63, 3.8) is 0 Å². The third-order valence-corrected chi connectivity index (χ3v) is 4.49. The fourth-order valence-electron chi connectivity index (χ4n) is 2.54. The summed E-state index contributed by atoms with van der Waals surface area (Å²) < 4.78 is 1.82. The zero-order valence-corrected chi connectivity index (χ0v) is 12.3. The number of amides is 1. The maximum atomic E-state index is 12.5. The van der Waals surface area contributed by atoms with E-state index in [0.717, 1.165) is 17.3 Å². The van der Waals surface area contributed by atoms with Crippen molar-refractivity contribution in [3.05, 3.63) is 36.2 Å². The highest BCUT2D eigenvalue weighted by Crippen LogP contribution is 2.32. The molecule has 1 aliphatic rings. The number of carbonyl (C=O) groups is 1. The zero-order chi connectivity index (χ0) is 14.1. The quantitative estimate of drug-likeness (QED) is 0.809. The Morgan fingerprint density at radius 3 is 3.00 bits per heavy atom. The van der Waals surface area contributed by atoms with E-state index in [1.54, 1.807) is 6.33 Å². The molecule has 0 radical (unpaired) electrons. The summed E-state index contributed by atoms with van der Waals surface area (Å²) in [5, 5.41) is 8.56. The molecule has 0 unspecified atom stereocenters. The third kappa shape index (κ3) is 2.31. The van der Waals surface area contributed by atoms with Crippen molar-refractivity contribution in [1.82, 2.24) is 14.8 Å². The van der Waals surface area contributed by atoms with Crippen molar-refractivity contribution in [1.29, 1.82) is 0 Å². The molecule has 5 nitrogen and oxygen atoms in total. The number of carbonyl (C=O) groups excluding carboxylic acids is 1. The summed E-state index contributed by atoms with van der Waals surface area (Å²) in [6.07, 6.45) is 2.57. The molecule has 1 atom stereocenters. The Hall–Kier alpha value is -1.82. The van der Waals surface area contributed by atoms with Crippen LogP contribution in [0.3, 0.4) is 0 Å². The minimum Gasteiger partial charge on any atom is -0.312 e. The average Bonchev–Trinajstić information content (AvgIpc) is 2.98. The number of rotatable bonds is 3. The first-order valence-corrected chi connectivity index (χ1v) is 7.52. The summed E-state index contributed by atoms with van der Waals surface area (Å²) in [7, 11) is 1.88. The predicted molar refractivity (Wildman–Crippen MR) is 78.8 cm³/mol. The van der Waals surface area contributed by atoms with Gasteiger partial charge in [-0.25, -0.2) is 0 Å².